The zero-order valence-corrected chi connectivity index (χ0v) is 16.0. The predicted molar refractivity (Wildman–Crippen MR) is 104 cm³/mol. The van der Waals surface area contributed by atoms with Gasteiger partial charge < -0.3 is 9.84 Å². The Bertz CT molecular complexity index is 946. The molecule has 0 aliphatic heterocycles. The van der Waals surface area contributed by atoms with Crippen LogP contribution in [0.25, 0.3) is 15.9 Å². The van der Waals surface area contributed by atoms with Crippen molar-refractivity contribution in [1.82, 2.24) is 9.55 Å². The highest BCUT2D eigenvalue weighted by molar-refractivity contribution is 7.99. The number of hydrogen-bond acceptors (Lipinski definition) is 6. The second-order valence-corrected chi connectivity index (χ2v) is 7.63. The van der Waals surface area contributed by atoms with Crippen molar-refractivity contribution in [2.45, 2.75) is 25.4 Å². The Balaban J connectivity index is 2.27. The van der Waals surface area contributed by atoms with Crippen LogP contribution in [0.1, 0.15) is 17.4 Å². The van der Waals surface area contributed by atoms with E-state index >= 15 is 0 Å². The van der Waals surface area contributed by atoms with Gasteiger partial charge in [-0.2, -0.15) is 0 Å². The number of methoxy groups -OCH3 is 1. The van der Waals surface area contributed by atoms with Crippen LogP contribution in [0.2, 0.25) is 0 Å². The van der Waals surface area contributed by atoms with Crippen molar-refractivity contribution in [2.24, 2.45) is 0 Å². The summed E-state index contributed by atoms with van der Waals surface area (Å²) >= 11 is 2.96. The summed E-state index contributed by atoms with van der Waals surface area (Å²) in [5, 5.41) is 10.5. The fourth-order valence-corrected chi connectivity index (χ4v) is 4.65. The number of thiophene rings is 1. The average Bonchev–Trinajstić information content (AvgIpc) is 2.96. The Morgan fingerprint density at radius 1 is 1.32 bits per heavy atom. The Labute approximate surface area is 154 Å². The van der Waals surface area contributed by atoms with E-state index in [1.165, 1.54) is 16.6 Å². The van der Waals surface area contributed by atoms with Gasteiger partial charge in [0.15, 0.2) is 5.16 Å². The monoisotopic (exact) mass is 376 g/mol. The van der Waals surface area contributed by atoms with Gasteiger partial charge in [-0.3, -0.25) is 9.36 Å². The first-order valence-corrected chi connectivity index (χ1v) is 9.84. The molecule has 0 atom stereocenters. The lowest BCUT2D eigenvalue weighted by atomic mass is 10.2. The Morgan fingerprint density at radius 2 is 2.04 bits per heavy atom. The second kappa shape index (κ2) is 7.59. The third-order valence-corrected chi connectivity index (χ3v) is 6.26. The lowest BCUT2D eigenvalue weighted by Gasteiger charge is -2.12. The molecule has 1 aromatic carbocycles. The molecule has 0 saturated heterocycles. The number of ether oxygens (including phenoxy) is 1. The third-order valence-electron chi connectivity index (χ3n) is 4.01. The molecule has 2 heterocycles. The maximum atomic E-state index is 13.2. The maximum absolute atomic E-state index is 13.2. The lowest BCUT2D eigenvalue weighted by Crippen LogP contribution is -2.21. The van der Waals surface area contributed by atoms with Gasteiger partial charge in [-0.25, -0.2) is 4.98 Å². The summed E-state index contributed by atoms with van der Waals surface area (Å²) in [5.41, 5.74) is 1.69. The van der Waals surface area contributed by atoms with E-state index in [9.17, 15) is 9.90 Å². The number of aliphatic hydroxyl groups is 1. The maximum Gasteiger partial charge on any atom is 0.267 e. The Kier molecular flexibility index (Phi) is 5.46. The first-order chi connectivity index (χ1) is 12.1. The molecule has 0 saturated carbocycles. The van der Waals surface area contributed by atoms with Gasteiger partial charge in [0, 0.05) is 10.6 Å². The van der Waals surface area contributed by atoms with E-state index in [0.29, 0.717) is 16.3 Å². The smallest absolute Gasteiger partial charge is 0.267 e. The number of rotatable bonds is 6. The van der Waals surface area contributed by atoms with Gasteiger partial charge in [-0.1, -0.05) is 18.7 Å². The molecule has 3 aromatic rings. The number of aliphatic hydroxyl groups excluding tert-OH is 1. The van der Waals surface area contributed by atoms with Crippen LogP contribution < -0.4 is 10.3 Å². The van der Waals surface area contributed by atoms with E-state index in [1.807, 2.05) is 31.2 Å². The SMILES string of the molecule is CCc1sc2nc(SCCO)n(-c3ccc(OC)cc3)c(=O)c2c1C. The highest BCUT2D eigenvalue weighted by Crippen LogP contribution is 2.30. The summed E-state index contributed by atoms with van der Waals surface area (Å²) in [4.78, 5) is 19.9. The van der Waals surface area contributed by atoms with E-state index < -0.39 is 0 Å². The molecule has 0 aliphatic carbocycles. The van der Waals surface area contributed by atoms with Crippen LogP contribution in [0, 0.1) is 6.92 Å². The largest absolute Gasteiger partial charge is 0.497 e. The summed E-state index contributed by atoms with van der Waals surface area (Å²) in [5.74, 6) is 1.22. The van der Waals surface area contributed by atoms with E-state index in [-0.39, 0.29) is 12.2 Å². The minimum absolute atomic E-state index is 0.0326. The van der Waals surface area contributed by atoms with Crippen molar-refractivity contribution in [3.63, 3.8) is 0 Å². The summed E-state index contributed by atoms with van der Waals surface area (Å²) in [7, 11) is 1.61. The first-order valence-electron chi connectivity index (χ1n) is 8.03. The number of benzene rings is 1. The summed E-state index contributed by atoms with van der Waals surface area (Å²) in [6, 6.07) is 7.34. The molecule has 0 spiro atoms. The van der Waals surface area contributed by atoms with Gasteiger partial charge in [-0.05, 0) is 43.2 Å². The first kappa shape index (κ1) is 18.0. The molecule has 7 heteroatoms. The van der Waals surface area contributed by atoms with Crippen molar-refractivity contribution in [3.05, 3.63) is 45.1 Å². The zero-order valence-electron chi connectivity index (χ0n) is 14.4. The molecule has 0 fully saturated rings. The highest BCUT2D eigenvalue weighted by atomic mass is 32.2. The van der Waals surface area contributed by atoms with Crippen LogP contribution in [0.5, 0.6) is 5.75 Å². The minimum Gasteiger partial charge on any atom is -0.497 e. The van der Waals surface area contributed by atoms with Crippen LogP contribution in [0.15, 0.2) is 34.2 Å². The number of nitrogens with zero attached hydrogens (tertiary/aromatic N) is 2. The highest BCUT2D eigenvalue weighted by Gasteiger charge is 2.18. The van der Waals surface area contributed by atoms with Gasteiger partial charge in [-0.15, -0.1) is 11.3 Å². The molecular formula is C18H20N2O3S2. The van der Waals surface area contributed by atoms with Crippen molar-refractivity contribution >= 4 is 33.3 Å². The van der Waals surface area contributed by atoms with Crippen LogP contribution in [0.3, 0.4) is 0 Å². The second-order valence-electron chi connectivity index (χ2n) is 5.49. The third kappa shape index (κ3) is 3.31. The number of hydrogen-bond donors (Lipinski definition) is 1. The fraction of sp³-hybridized carbons (Fsp3) is 0.333. The molecule has 0 unspecified atom stereocenters. The molecule has 5 nitrogen and oxygen atoms in total. The zero-order chi connectivity index (χ0) is 18.0. The number of aryl methyl sites for hydroxylation is 2. The Hall–Kier alpha value is -1.83. The lowest BCUT2D eigenvalue weighted by molar-refractivity contribution is 0.322. The quantitative estimate of drug-likeness (QED) is 0.528. The molecular weight excluding hydrogens is 356 g/mol. The summed E-state index contributed by atoms with van der Waals surface area (Å²) in [6.07, 6.45) is 0.883. The normalized spacial score (nSPS) is 11.2. The standard InChI is InChI=1S/C18H20N2O3S2/c1-4-14-11(2)15-16(25-14)19-18(24-10-9-21)20(17(15)22)12-5-7-13(23-3)8-6-12/h5-8,21H,4,9-10H2,1-3H3. The topological polar surface area (TPSA) is 64.3 Å². The summed E-state index contributed by atoms with van der Waals surface area (Å²) in [6.45, 7) is 4.10. The van der Waals surface area contributed by atoms with Crippen molar-refractivity contribution in [1.29, 1.82) is 0 Å². The molecule has 0 amide bonds. The van der Waals surface area contributed by atoms with Crippen LogP contribution >= 0.6 is 23.1 Å². The van der Waals surface area contributed by atoms with Crippen molar-refractivity contribution < 1.29 is 9.84 Å². The van der Waals surface area contributed by atoms with Gasteiger partial charge in [0.2, 0.25) is 0 Å². The molecule has 3 rings (SSSR count). The molecule has 1 N–H and O–H groups in total. The summed E-state index contributed by atoms with van der Waals surface area (Å²) < 4.78 is 6.82. The van der Waals surface area contributed by atoms with Gasteiger partial charge in [0.05, 0.1) is 24.8 Å². The minimum atomic E-state index is -0.0657. The molecule has 25 heavy (non-hydrogen) atoms. The average molecular weight is 377 g/mol. The fourth-order valence-electron chi connectivity index (χ4n) is 2.74. The molecule has 0 radical (unpaired) electrons. The predicted octanol–water partition coefficient (Wildman–Crippen LogP) is 3.41. The van der Waals surface area contributed by atoms with E-state index in [0.717, 1.165) is 28.3 Å². The van der Waals surface area contributed by atoms with E-state index in [2.05, 4.69) is 6.92 Å². The van der Waals surface area contributed by atoms with Gasteiger partial charge in [0.1, 0.15) is 10.6 Å². The molecule has 132 valence electrons. The number of aromatic nitrogens is 2. The van der Waals surface area contributed by atoms with Crippen molar-refractivity contribution in [3.8, 4) is 11.4 Å². The molecule has 0 aliphatic rings. The Morgan fingerprint density at radius 3 is 2.64 bits per heavy atom. The van der Waals surface area contributed by atoms with E-state index in [4.69, 9.17) is 9.72 Å². The van der Waals surface area contributed by atoms with Gasteiger partial charge in [0.25, 0.3) is 5.56 Å². The number of thioether (sulfide) groups is 1. The van der Waals surface area contributed by atoms with Crippen molar-refractivity contribution in [2.75, 3.05) is 19.5 Å². The van der Waals surface area contributed by atoms with E-state index in [1.54, 1.807) is 23.0 Å². The molecule has 0 bridgehead atoms. The van der Waals surface area contributed by atoms with Gasteiger partial charge >= 0.3 is 0 Å². The van der Waals surface area contributed by atoms with Crippen LogP contribution in [-0.2, 0) is 6.42 Å². The van der Waals surface area contributed by atoms with Crippen LogP contribution in [-0.4, -0.2) is 34.1 Å². The van der Waals surface area contributed by atoms with Crippen LogP contribution in [0.4, 0.5) is 0 Å². The molecule has 2 aromatic heterocycles. The number of fused-ring (bicyclic) bond motifs is 1.